The quantitative estimate of drug-likeness (QED) is 0.865. The minimum Gasteiger partial charge on any atom is -0.354 e. The average Bonchev–Trinajstić information content (AvgIpc) is 2.83. The summed E-state index contributed by atoms with van der Waals surface area (Å²) < 4.78 is 1.04. The second kappa shape index (κ2) is 6.83. The Balaban J connectivity index is 1.87. The predicted molar refractivity (Wildman–Crippen MR) is 89.2 cm³/mol. The molecule has 0 aliphatic carbocycles. The van der Waals surface area contributed by atoms with Crippen molar-refractivity contribution in [1.29, 1.82) is 0 Å². The highest BCUT2D eigenvalue weighted by Crippen LogP contribution is 2.24. The van der Waals surface area contributed by atoms with Crippen LogP contribution >= 0.6 is 27.7 Å². The van der Waals surface area contributed by atoms with Gasteiger partial charge in [-0.2, -0.15) is 0 Å². The highest BCUT2D eigenvalue weighted by Gasteiger charge is 2.25. The number of rotatable bonds is 5. The summed E-state index contributed by atoms with van der Waals surface area (Å²) in [6.07, 6.45) is 0. The van der Waals surface area contributed by atoms with Gasteiger partial charge in [0.1, 0.15) is 6.54 Å². The van der Waals surface area contributed by atoms with E-state index in [2.05, 4.69) is 47.2 Å². The fourth-order valence-corrected chi connectivity index (χ4v) is 3.26. The van der Waals surface area contributed by atoms with E-state index in [4.69, 9.17) is 0 Å². The monoisotopic (exact) mass is 370 g/mol. The summed E-state index contributed by atoms with van der Waals surface area (Å²) >= 11 is 4.97. The smallest absolute Gasteiger partial charge is 0.239 e. The van der Waals surface area contributed by atoms with Crippen molar-refractivity contribution in [2.24, 2.45) is 0 Å². The van der Waals surface area contributed by atoms with Gasteiger partial charge >= 0.3 is 0 Å². The van der Waals surface area contributed by atoms with Gasteiger partial charge in [-0.3, -0.25) is 9.59 Å². The van der Waals surface area contributed by atoms with E-state index in [0.29, 0.717) is 18.2 Å². The van der Waals surface area contributed by atoms with Crippen molar-refractivity contribution in [3.05, 3.63) is 34.3 Å². The maximum atomic E-state index is 12.0. The van der Waals surface area contributed by atoms with Crippen molar-refractivity contribution in [2.45, 2.75) is 19.3 Å². The molecule has 2 amide bonds. The number of hydrogen-bond donors (Lipinski definition) is 1. The molecule has 4 nitrogen and oxygen atoms in total. The van der Waals surface area contributed by atoms with E-state index in [1.54, 1.807) is 16.7 Å². The van der Waals surface area contributed by atoms with Crippen LogP contribution in [0.1, 0.15) is 19.4 Å². The summed E-state index contributed by atoms with van der Waals surface area (Å²) in [6.45, 7) is 4.88. The molecule has 0 radical (unpaired) electrons. The number of carbonyl (C=O) groups is 2. The van der Waals surface area contributed by atoms with Gasteiger partial charge in [-0.1, -0.05) is 41.9 Å². The van der Waals surface area contributed by atoms with Crippen LogP contribution in [0.25, 0.3) is 0 Å². The van der Waals surface area contributed by atoms with Gasteiger partial charge < -0.3 is 10.2 Å². The van der Waals surface area contributed by atoms with Crippen molar-refractivity contribution in [3.8, 4) is 0 Å². The van der Waals surface area contributed by atoms with E-state index < -0.39 is 0 Å². The zero-order valence-electron chi connectivity index (χ0n) is 12.2. The molecule has 1 heterocycles. The lowest BCUT2D eigenvalue weighted by Gasteiger charge is -2.26. The number of nitrogens with zero attached hydrogens (tertiary/aromatic N) is 1. The fourth-order valence-electron chi connectivity index (χ4n) is 2.09. The highest BCUT2D eigenvalue weighted by atomic mass is 79.9. The zero-order chi connectivity index (χ0) is 15.5. The first-order valence-corrected chi connectivity index (χ1v) is 8.71. The van der Waals surface area contributed by atoms with Crippen LogP contribution in [0.2, 0.25) is 0 Å². The zero-order valence-corrected chi connectivity index (χ0v) is 14.6. The molecule has 2 rings (SSSR count). The molecular weight excluding hydrogens is 352 g/mol. The molecule has 1 saturated heterocycles. The minimum absolute atomic E-state index is 0.0438. The standard InChI is InChI=1S/C15H19BrN2O2S/c1-15(2,11-3-5-12(16)6-4-11)9-17-13(19)7-18-10-21-8-14(18)20/h3-6H,7-10H2,1-2H3,(H,17,19). The van der Waals surface area contributed by atoms with Gasteiger partial charge in [-0.05, 0) is 17.7 Å². The van der Waals surface area contributed by atoms with Gasteiger partial charge in [0.15, 0.2) is 0 Å². The van der Waals surface area contributed by atoms with Gasteiger partial charge in [0.25, 0.3) is 0 Å². The number of hydrogen-bond acceptors (Lipinski definition) is 3. The largest absolute Gasteiger partial charge is 0.354 e. The van der Waals surface area contributed by atoms with Crippen LogP contribution in [0.15, 0.2) is 28.7 Å². The van der Waals surface area contributed by atoms with Gasteiger partial charge in [0, 0.05) is 16.4 Å². The van der Waals surface area contributed by atoms with E-state index in [-0.39, 0.29) is 23.8 Å². The molecule has 1 aliphatic heterocycles. The summed E-state index contributed by atoms with van der Waals surface area (Å²) in [7, 11) is 0. The number of halogens is 1. The van der Waals surface area contributed by atoms with Gasteiger partial charge in [-0.25, -0.2) is 0 Å². The first-order chi connectivity index (χ1) is 9.88. The number of carbonyl (C=O) groups excluding carboxylic acids is 2. The lowest BCUT2D eigenvalue weighted by molar-refractivity contribution is -0.132. The normalized spacial score (nSPS) is 15.4. The predicted octanol–water partition coefficient (Wildman–Crippen LogP) is 2.38. The molecule has 0 spiro atoms. The first kappa shape index (κ1) is 16.4. The second-order valence-electron chi connectivity index (χ2n) is 5.74. The molecule has 21 heavy (non-hydrogen) atoms. The molecule has 0 aromatic heterocycles. The van der Waals surface area contributed by atoms with Gasteiger partial charge in [0.2, 0.25) is 11.8 Å². The molecule has 0 saturated carbocycles. The molecule has 1 aliphatic rings. The van der Waals surface area contributed by atoms with Crippen LogP contribution in [-0.4, -0.2) is 41.4 Å². The van der Waals surface area contributed by atoms with Gasteiger partial charge in [0.05, 0.1) is 11.6 Å². The molecule has 114 valence electrons. The Morgan fingerprint density at radius 2 is 2.05 bits per heavy atom. The topological polar surface area (TPSA) is 49.4 Å². The molecule has 0 bridgehead atoms. The molecule has 1 fully saturated rings. The Hall–Kier alpha value is -1.01. The van der Waals surface area contributed by atoms with E-state index in [0.717, 1.165) is 4.47 Å². The highest BCUT2D eigenvalue weighted by molar-refractivity contribution is 9.10. The number of nitrogens with one attached hydrogen (secondary N) is 1. The fraction of sp³-hybridized carbons (Fsp3) is 0.467. The first-order valence-electron chi connectivity index (χ1n) is 6.77. The molecule has 0 atom stereocenters. The SMILES string of the molecule is CC(C)(CNC(=O)CN1CSCC1=O)c1ccc(Br)cc1. The van der Waals surface area contributed by atoms with Crippen molar-refractivity contribution >= 4 is 39.5 Å². The number of amides is 2. The molecule has 1 aromatic carbocycles. The Bertz CT molecular complexity index is 531. The van der Waals surface area contributed by atoms with Crippen molar-refractivity contribution in [1.82, 2.24) is 10.2 Å². The van der Waals surface area contributed by atoms with Crippen LogP contribution in [0.3, 0.4) is 0 Å². The maximum absolute atomic E-state index is 12.0. The maximum Gasteiger partial charge on any atom is 0.239 e. The van der Waals surface area contributed by atoms with Gasteiger partial charge in [-0.15, -0.1) is 11.8 Å². The molecule has 6 heteroatoms. The lowest BCUT2D eigenvalue weighted by Crippen LogP contribution is -2.42. The van der Waals surface area contributed by atoms with E-state index in [1.807, 2.05) is 12.1 Å². The third-order valence-corrected chi connectivity index (χ3v) is 4.99. The third-order valence-electron chi connectivity index (χ3n) is 3.51. The summed E-state index contributed by atoms with van der Waals surface area (Å²) in [5.41, 5.74) is 1.01. The second-order valence-corrected chi connectivity index (χ2v) is 7.61. The van der Waals surface area contributed by atoms with Crippen molar-refractivity contribution in [3.63, 3.8) is 0 Å². The minimum atomic E-state index is -0.153. The van der Waals surface area contributed by atoms with Crippen LogP contribution in [0.4, 0.5) is 0 Å². The molecule has 1 aromatic rings. The van der Waals surface area contributed by atoms with Crippen LogP contribution in [0, 0.1) is 0 Å². The summed E-state index contributed by atoms with van der Waals surface area (Å²) in [6, 6.07) is 8.10. The Kier molecular flexibility index (Phi) is 5.32. The summed E-state index contributed by atoms with van der Waals surface area (Å²) in [4.78, 5) is 25.0. The van der Waals surface area contributed by atoms with Crippen molar-refractivity contribution in [2.75, 3.05) is 24.7 Å². The lowest BCUT2D eigenvalue weighted by atomic mass is 9.84. The molecule has 0 unspecified atom stereocenters. The Labute approximate surface area is 137 Å². The molecule has 1 N–H and O–H groups in total. The Morgan fingerprint density at radius 3 is 2.62 bits per heavy atom. The van der Waals surface area contributed by atoms with E-state index in [1.165, 1.54) is 5.56 Å². The van der Waals surface area contributed by atoms with Crippen LogP contribution in [0.5, 0.6) is 0 Å². The summed E-state index contributed by atoms with van der Waals surface area (Å²) in [5.74, 6) is 1.04. The van der Waals surface area contributed by atoms with Crippen LogP contribution < -0.4 is 5.32 Å². The number of benzene rings is 1. The summed E-state index contributed by atoms with van der Waals surface area (Å²) in [5, 5.41) is 2.93. The Morgan fingerprint density at radius 1 is 1.38 bits per heavy atom. The van der Waals surface area contributed by atoms with E-state index in [9.17, 15) is 9.59 Å². The average molecular weight is 371 g/mol. The van der Waals surface area contributed by atoms with Crippen LogP contribution in [-0.2, 0) is 15.0 Å². The van der Waals surface area contributed by atoms with E-state index >= 15 is 0 Å². The molecular formula is C15H19BrN2O2S. The number of thioether (sulfide) groups is 1. The van der Waals surface area contributed by atoms with Crippen molar-refractivity contribution < 1.29 is 9.59 Å². The third kappa shape index (κ3) is 4.48.